The molecule has 0 saturated carbocycles. The Morgan fingerprint density at radius 3 is 1.07 bits per heavy atom. The first kappa shape index (κ1) is 34.3. The normalized spacial score (nSPS) is 12.5. The summed E-state index contributed by atoms with van der Waals surface area (Å²) in [7, 11) is 0. The molecule has 0 heteroatoms. The van der Waals surface area contributed by atoms with E-state index in [1.807, 2.05) is 0 Å². The van der Waals surface area contributed by atoms with E-state index in [2.05, 4.69) is 116 Å². The molecule has 0 spiro atoms. The fraction of sp³-hybridized carbons (Fsp3) is 0.545. The van der Waals surface area contributed by atoms with Gasteiger partial charge in [-0.2, -0.15) is 0 Å². The van der Waals surface area contributed by atoms with Crippen LogP contribution < -0.4 is 0 Å². The lowest BCUT2D eigenvalue weighted by Crippen LogP contribution is -2.14. The van der Waals surface area contributed by atoms with Crippen molar-refractivity contribution >= 4 is 21.5 Å². The molecule has 0 radical (unpaired) electrons. The standard InChI is InChI=1S/C44H62/c1-9-11-13-15-17-19-25-33-31-39(43(3,4)5)35-27-21-23-29-37(35)41(33)42-34(26-20-18-16-14-12-10-2)32-40(44(6,7)8)36-28-22-24-30-38(36)42/h21-24,27-32H,9-20,25-26H2,1-8H3. The zero-order valence-corrected chi connectivity index (χ0v) is 29.7. The third-order valence-corrected chi connectivity index (χ3v) is 9.72. The van der Waals surface area contributed by atoms with Crippen LogP contribution in [0.15, 0.2) is 60.7 Å². The van der Waals surface area contributed by atoms with E-state index >= 15 is 0 Å². The number of hydrogen-bond acceptors (Lipinski definition) is 0. The molecule has 0 heterocycles. The molecule has 0 aliphatic heterocycles. The Morgan fingerprint density at radius 1 is 0.409 bits per heavy atom. The van der Waals surface area contributed by atoms with Gasteiger partial charge in [0.1, 0.15) is 0 Å². The summed E-state index contributed by atoms with van der Waals surface area (Å²) in [5.41, 5.74) is 9.31. The predicted molar refractivity (Wildman–Crippen MR) is 198 cm³/mol. The molecule has 238 valence electrons. The van der Waals surface area contributed by atoms with Crippen molar-refractivity contribution in [2.24, 2.45) is 0 Å². The van der Waals surface area contributed by atoms with Gasteiger partial charge in [-0.05, 0) is 91.4 Å². The summed E-state index contributed by atoms with van der Waals surface area (Å²) in [6.07, 6.45) is 18.3. The molecule has 0 N–H and O–H groups in total. The van der Waals surface area contributed by atoms with Crippen molar-refractivity contribution in [1.82, 2.24) is 0 Å². The maximum Gasteiger partial charge on any atom is -0.00641 e. The minimum atomic E-state index is 0.0908. The van der Waals surface area contributed by atoms with Gasteiger partial charge in [0.05, 0.1) is 0 Å². The molecule has 4 aromatic rings. The fourth-order valence-electron chi connectivity index (χ4n) is 7.28. The Hall–Kier alpha value is -2.60. The fourth-order valence-corrected chi connectivity index (χ4v) is 7.28. The average molecular weight is 591 g/mol. The van der Waals surface area contributed by atoms with E-state index in [1.54, 1.807) is 11.1 Å². The van der Waals surface area contributed by atoms with Gasteiger partial charge >= 0.3 is 0 Å². The highest BCUT2D eigenvalue weighted by Gasteiger charge is 2.26. The van der Waals surface area contributed by atoms with E-state index in [-0.39, 0.29) is 10.8 Å². The largest absolute Gasteiger partial charge is 0.0654 e. The molecule has 0 atom stereocenters. The van der Waals surface area contributed by atoms with Crippen molar-refractivity contribution in [3.63, 3.8) is 0 Å². The summed E-state index contributed by atoms with van der Waals surface area (Å²) in [6.45, 7) is 19.0. The molecule has 4 rings (SSSR count). The first-order valence-corrected chi connectivity index (χ1v) is 18.2. The van der Waals surface area contributed by atoms with Gasteiger partial charge in [0, 0.05) is 0 Å². The lowest BCUT2D eigenvalue weighted by atomic mass is 9.75. The highest BCUT2D eigenvalue weighted by molar-refractivity contribution is 6.09. The molecule has 0 amide bonds. The minimum Gasteiger partial charge on any atom is -0.0654 e. The van der Waals surface area contributed by atoms with Gasteiger partial charge in [-0.3, -0.25) is 0 Å². The summed E-state index contributed by atoms with van der Waals surface area (Å²) in [5.74, 6) is 0. The first-order valence-electron chi connectivity index (χ1n) is 18.2. The minimum absolute atomic E-state index is 0.0908. The van der Waals surface area contributed by atoms with E-state index in [4.69, 9.17) is 0 Å². The summed E-state index contributed by atoms with van der Waals surface area (Å²) in [6, 6.07) is 23.9. The molecule has 0 aliphatic carbocycles. The Kier molecular flexibility index (Phi) is 12.2. The monoisotopic (exact) mass is 590 g/mol. The second-order valence-electron chi connectivity index (χ2n) is 15.5. The van der Waals surface area contributed by atoms with Crippen molar-refractivity contribution in [3.8, 4) is 11.1 Å². The Morgan fingerprint density at radius 2 is 0.727 bits per heavy atom. The zero-order valence-electron chi connectivity index (χ0n) is 29.7. The summed E-state index contributed by atoms with van der Waals surface area (Å²) >= 11 is 0. The maximum atomic E-state index is 2.62. The van der Waals surface area contributed by atoms with Crippen LogP contribution in [0.1, 0.15) is 155 Å². The van der Waals surface area contributed by atoms with E-state index < -0.39 is 0 Å². The molecule has 0 aliphatic rings. The first-order chi connectivity index (χ1) is 21.1. The number of rotatable bonds is 15. The highest BCUT2D eigenvalue weighted by Crippen LogP contribution is 2.45. The summed E-state index contributed by atoms with van der Waals surface area (Å²) < 4.78 is 0. The van der Waals surface area contributed by atoms with E-state index in [9.17, 15) is 0 Å². The molecule has 0 bridgehead atoms. The molecular weight excluding hydrogens is 528 g/mol. The van der Waals surface area contributed by atoms with Gasteiger partial charge in [-0.15, -0.1) is 0 Å². The molecule has 0 fully saturated rings. The van der Waals surface area contributed by atoms with E-state index in [0.717, 1.165) is 12.8 Å². The van der Waals surface area contributed by atoms with Gasteiger partial charge in [0.25, 0.3) is 0 Å². The Bertz CT molecular complexity index is 1370. The van der Waals surface area contributed by atoms with Crippen molar-refractivity contribution in [2.75, 3.05) is 0 Å². The molecule has 0 aromatic heterocycles. The van der Waals surface area contributed by atoms with E-state index in [1.165, 1.54) is 121 Å². The number of hydrogen-bond donors (Lipinski definition) is 0. The van der Waals surface area contributed by atoms with Crippen LogP contribution in [0.5, 0.6) is 0 Å². The Labute approximate surface area is 271 Å². The van der Waals surface area contributed by atoms with Crippen LogP contribution in [-0.4, -0.2) is 0 Å². The lowest BCUT2D eigenvalue weighted by Gasteiger charge is -2.29. The number of unbranched alkanes of at least 4 members (excludes halogenated alkanes) is 10. The van der Waals surface area contributed by atoms with Gasteiger partial charge in [0.2, 0.25) is 0 Å². The van der Waals surface area contributed by atoms with Crippen molar-refractivity contribution in [1.29, 1.82) is 0 Å². The van der Waals surface area contributed by atoms with Crippen molar-refractivity contribution in [3.05, 3.63) is 82.9 Å². The molecule has 0 saturated heterocycles. The quantitative estimate of drug-likeness (QED) is 0.121. The highest BCUT2D eigenvalue weighted by atomic mass is 14.3. The van der Waals surface area contributed by atoms with Gasteiger partial charge in [-0.1, -0.05) is 180 Å². The SMILES string of the molecule is CCCCCCCCc1cc(C(C)(C)C)c2ccccc2c1-c1c(CCCCCCCC)cc(C(C)(C)C)c2ccccc12. The number of benzene rings is 4. The third-order valence-electron chi connectivity index (χ3n) is 9.72. The zero-order chi connectivity index (χ0) is 31.7. The van der Waals surface area contributed by atoms with Crippen LogP contribution in [0.4, 0.5) is 0 Å². The average Bonchev–Trinajstić information content (AvgIpc) is 2.99. The molecule has 44 heavy (non-hydrogen) atoms. The summed E-state index contributed by atoms with van der Waals surface area (Å²) in [4.78, 5) is 0. The van der Waals surface area contributed by atoms with Crippen molar-refractivity contribution < 1.29 is 0 Å². The lowest BCUT2D eigenvalue weighted by molar-refractivity contribution is 0.591. The summed E-state index contributed by atoms with van der Waals surface area (Å²) in [5, 5.41) is 5.74. The maximum absolute atomic E-state index is 2.62. The van der Waals surface area contributed by atoms with Crippen LogP contribution in [0.25, 0.3) is 32.7 Å². The number of fused-ring (bicyclic) bond motifs is 2. The van der Waals surface area contributed by atoms with Crippen LogP contribution in [0, 0.1) is 0 Å². The van der Waals surface area contributed by atoms with Gasteiger partial charge in [0.15, 0.2) is 0 Å². The second kappa shape index (κ2) is 15.6. The smallest absolute Gasteiger partial charge is 0.00641 e. The van der Waals surface area contributed by atoms with Gasteiger partial charge < -0.3 is 0 Å². The van der Waals surface area contributed by atoms with Crippen LogP contribution in [-0.2, 0) is 23.7 Å². The van der Waals surface area contributed by atoms with Gasteiger partial charge in [-0.25, -0.2) is 0 Å². The van der Waals surface area contributed by atoms with Crippen molar-refractivity contribution in [2.45, 2.75) is 156 Å². The van der Waals surface area contributed by atoms with Crippen LogP contribution in [0.2, 0.25) is 0 Å². The number of aryl methyl sites for hydroxylation is 2. The molecule has 0 unspecified atom stereocenters. The molecule has 4 aromatic carbocycles. The predicted octanol–water partition coefficient (Wildman–Crippen LogP) is 14.1. The molecule has 0 nitrogen and oxygen atoms in total. The topological polar surface area (TPSA) is 0 Å². The second-order valence-corrected chi connectivity index (χ2v) is 15.5. The third kappa shape index (κ3) is 8.35. The molecular formula is C44H62. The van der Waals surface area contributed by atoms with Crippen LogP contribution >= 0.6 is 0 Å². The Balaban J connectivity index is 1.95. The van der Waals surface area contributed by atoms with Crippen LogP contribution in [0.3, 0.4) is 0 Å². The van der Waals surface area contributed by atoms with E-state index in [0.29, 0.717) is 0 Å².